The van der Waals surface area contributed by atoms with E-state index in [4.69, 9.17) is 0 Å². The summed E-state index contributed by atoms with van der Waals surface area (Å²) in [4.78, 5) is -0.0891. The first kappa shape index (κ1) is 30.7. The number of benzene rings is 1. The van der Waals surface area contributed by atoms with Crippen molar-refractivity contribution in [3.8, 4) is 11.1 Å². The minimum atomic E-state index is -4.32. The van der Waals surface area contributed by atoms with Gasteiger partial charge in [-0.3, -0.25) is 4.55 Å². The molecular formula is C27H34NNaO5S2. The van der Waals surface area contributed by atoms with Crippen LogP contribution in [-0.2, 0) is 39.9 Å². The second-order valence-electron chi connectivity index (χ2n) is 9.16. The van der Waals surface area contributed by atoms with Crippen molar-refractivity contribution in [3.63, 3.8) is 0 Å². The van der Waals surface area contributed by atoms with Crippen LogP contribution in [0.1, 0.15) is 67.7 Å². The molecule has 1 N–H and O–H groups in total. The summed E-state index contributed by atoms with van der Waals surface area (Å²) in [6.07, 6.45) is 7.20. The van der Waals surface area contributed by atoms with E-state index in [1.807, 2.05) is 32.0 Å². The van der Waals surface area contributed by atoms with Crippen molar-refractivity contribution >= 4 is 50.2 Å². The molecule has 4 rings (SSSR count). The van der Waals surface area contributed by atoms with Gasteiger partial charge in [0.2, 0.25) is 0 Å². The molecule has 190 valence electrons. The fourth-order valence-corrected chi connectivity index (χ4v) is 5.48. The molecule has 0 radical (unpaired) electrons. The molecule has 0 aliphatic heterocycles. The van der Waals surface area contributed by atoms with E-state index >= 15 is 0 Å². The first-order chi connectivity index (χ1) is 16.7. The Morgan fingerprint density at radius 2 is 1.50 bits per heavy atom. The van der Waals surface area contributed by atoms with Gasteiger partial charge in [-0.1, -0.05) is 62.4 Å². The van der Waals surface area contributed by atoms with Crippen LogP contribution in [0.25, 0.3) is 11.1 Å². The zero-order chi connectivity index (χ0) is 25.4. The van der Waals surface area contributed by atoms with Crippen LogP contribution in [0, 0.1) is 0 Å². The van der Waals surface area contributed by atoms with E-state index in [9.17, 15) is 21.4 Å². The molecule has 0 amide bonds. The van der Waals surface area contributed by atoms with Gasteiger partial charge < -0.3 is 0 Å². The minimum absolute atomic E-state index is 0. The molecule has 0 aromatic heterocycles. The van der Waals surface area contributed by atoms with Crippen molar-refractivity contribution in [2.75, 3.05) is 6.54 Å². The number of rotatable bonds is 7. The molecule has 0 saturated heterocycles. The molecule has 0 saturated carbocycles. The van der Waals surface area contributed by atoms with Crippen molar-refractivity contribution in [2.24, 2.45) is 4.36 Å². The standard InChI is InChI=1S/C17H21NO5S2.C10H12.Na.H/c1-12(2)13-6-8-15-14(5-3-4-10-18-24(19)20)11-17(25(21,22)23)16(15)9-7-13;1-2-6-10-8-4-3-7-9(10)5-1;;/h6-9,11-12H,3-5,10H2,1-2H3,(H,21,22,23);1-2,5-6H,3-4,7-8H2;;. The van der Waals surface area contributed by atoms with Gasteiger partial charge in [-0.05, 0) is 84.7 Å². The number of aryl methyl sites for hydroxylation is 3. The zero-order valence-corrected chi connectivity index (χ0v) is 21.9. The molecule has 3 aliphatic carbocycles. The second kappa shape index (κ2) is 14.4. The van der Waals surface area contributed by atoms with Crippen LogP contribution >= 0.6 is 0 Å². The largest absolute Gasteiger partial charge is 0.0620 e. The summed E-state index contributed by atoms with van der Waals surface area (Å²) in [6, 6.07) is 17.7. The maximum atomic E-state index is 11.7. The van der Waals surface area contributed by atoms with Crippen LogP contribution in [0.3, 0.4) is 0 Å². The van der Waals surface area contributed by atoms with E-state index in [1.54, 1.807) is 17.2 Å². The third kappa shape index (κ3) is 8.78. The Balaban J connectivity index is 0.000000344. The van der Waals surface area contributed by atoms with Gasteiger partial charge in [-0.2, -0.15) is 21.2 Å². The quantitative estimate of drug-likeness (QED) is 0.244. The van der Waals surface area contributed by atoms with Gasteiger partial charge >= 0.3 is 40.1 Å². The first-order valence-electron chi connectivity index (χ1n) is 12.0. The summed E-state index contributed by atoms with van der Waals surface area (Å²) < 4.78 is 57.1. The summed E-state index contributed by atoms with van der Waals surface area (Å²) in [5, 5.41) is 0. The summed E-state index contributed by atoms with van der Waals surface area (Å²) >= 11 is 0. The molecule has 1 aromatic carbocycles. The van der Waals surface area contributed by atoms with E-state index in [2.05, 4.69) is 28.6 Å². The van der Waals surface area contributed by atoms with E-state index in [1.165, 1.54) is 31.7 Å². The second-order valence-corrected chi connectivity index (χ2v) is 11.2. The molecule has 36 heavy (non-hydrogen) atoms. The Labute approximate surface area is 238 Å². The van der Waals surface area contributed by atoms with Gasteiger partial charge in [0, 0.05) is 5.56 Å². The van der Waals surface area contributed by atoms with E-state index < -0.39 is 20.6 Å². The molecule has 1 aromatic rings. The molecule has 0 atom stereocenters. The minimum Gasteiger partial charge on any atom is -0.0620 e. The summed E-state index contributed by atoms with van der Waals surface area (Å²) in [5.41, 5.74) is 6.32. The van der Waals surface area contributed by atoms with Gasteiger partial charge in [0.05, 0.1) is 6.54 Å². The number of nitrogens with zero attached hydrogens (tertiary/aromatic N) is 1. The topological polar surface area (TPSA) is 101 Å². The van der Waals surface area contributed by atoms with Crippen molar-refractivity contribution in [2.45, 2.75) is 69.6 Å². The van der Waals surface area contributed by atoms with Crippen LogP contribution in [0.5, 0.6) is 0 Å². The van der Waals surface area contributed by atoms with E-state index in [0.29, 0.717) is 30.7 Å². The van der Waals surface area contributed by atoms with Crippen molar-refractivity contribution < 1.29 is 21.4 Å². The molecular weight excluding hydrogens is 505 g/mol. The third-order valence-corrected chi connectivity index (χ3v) is 7.63. The van der Waals surface area contributed by atoms with Crippen molar-refractivity contribution in [1.82, 2.24) is 0 Å². The fourth-order valence-electron chi connectivity index (χ4n) is 4.45. The number of hydrogen-bond donors (Lipinski definition) is 1. The first-order valence-corrected chi connectivity index (χ1v) is 14.5. The molecule has 0 unspecified atom stereocenters. The Morgan fingerprint density at radius 3 is 2.03 bits per heavy atom. The van der Waals surface area contributed by atoms with Gasteiger partial charge in [-0.25, -0.2) is 0 Å². The molecule has 3 aliphatic rings. The maximum absolute atomic E-state index is 11.7. The normalized spacial score (nSPS) is 12.8. The van der Waals surface area contributed by atoms with Crippen LogP contribution < -0.4 is 0 Å². The average Bonchev–Trinajstić information content (AvgIpc) is 3.02. The van der Waals surface area contributed by atoms with Gasteiger partial charge in [-0.15, -0.1) is 0 Å². The Hall–Kier alpha value is -1.55. The molecule has 0 bridgehead atoms. The van der Waals surface area contributed by atoms with Crippen LogP contribution in [-0.4, -0.2) is 57.5 Å². The maximum Gasteiger partial charge on any atom is -0.0276 e. The SMILES string of the molecule is CC(C)c1ccc2c(CCCCN=S(=O)=O)cc(S(=O)(=O)O)c-2cc1.[NaH].c1ccc2c(c1)CCCC2. The van der Waals surface area contributed by atoms with Crippen molar-refractivity contribution in [1.29, 1.82) is 0 Å². The van der Waals surface area contributed by atoms with Crippen molar-refractivity contribution in [3.05, 3.63) is 76.9 Å². The predicted octanol–water partition coefficient (Wildman–Crippen LogP) is 5.46. The monoisotopic (exact) mass is 539 g/mol. The van der Waals surface area contributed by atoms with Gasteiger partial charge in [0.15, 0.2) is 0 Å². The Bertz CT molecular complexity index is 1340. The van der Waals surface area contributed by atoms with Gasteiger partial charge in [0.25, 0.3) is 10.1 Å². The summed E-state index contributed by atoms with van der Waals surface area (Å²) in [5.74, 6) is 0.295. The smallest absolute Gasteiger partial charge is 0.0276 e. The molecule has 6 nitrogen and oxygen atoms in total. The van der Waals surface area contributed by atoms with Crippen LogP contribution in [0.15, 0.2) is 63.9 Å². The summed E-state index contributed by atoms with van der Waals surface area (Å²) in [7, 11) is -6.71. The number of fused-ring (bicyclic) bond motifs is 2. The molecule has 0 heterocycles. The van der Waals surface area contributed by atoms with Crippen LogP contribution in [0.4, 0.5) is 0 Å². The number of unbranched alkanes of at least 4 members (excludes halogenated alkanes) is 1. The predicted molar refractivity (Wildman–Crippen MR) is 146 cm³/mol. The summed E-state index contributed by atoms with van der Waals surface area (Å²) in [6.45, 7) is 4.31. The van der Waals surface area contributed by atoms with E-state index in [0.717, 1.165) is 16.7 Å². The van der Waals surface area contributed by atoms with E-state index in [-0.39, 0.29) is 41.0 Å². The Morgan fingerprint density at radius 1 is 0.917 bits per heavy atom. The zero-order valence-electron chi connectivity index (χ0n) is 20.3. The molecule has 9 heteroatoms. The molecule has 0 fully saturated rings. The number of hydrogen-bond acceptors (Lipinski definition) is 5. The third-order valence-electron chi connectivity index (χ3n) is 6.35. The van der Waals surface area contributed by atoms with Crippen LogP contribution in [0.2, 0.25) is 0 Å². The fraction of sp³-hybridized carbons (Fsp3) is 0.407. The molecule has 0 spiro atoms. The Kier molecular flexibility index (Phi) is 12.3. The van der Waals surface area contributed by atoms with Gasteiger partial charge in [0.1, 0.15) is 4.90 Å². The average molecular weight is 540 g/mol.